The van der Waals surface area contributed by atoms with Crippen LogP contribution in [0.15, 0.2) is 21.9 Å². The molecule has 0 amide bonds. The minimum absolute atomic E-state index is 0.451. The Balaban J connectivity index is 3.22. The van der Waals surface area contributed by atoms with E-state index in [1.165, 1.54) is 6.08 Å². The molecule has 0 spiro atoms. The van der Waals surface area contributed by atoms with E-state index in [-0.39, 0.29) is 0 Å². The number of hydrogen-bond acceptors (Lipinski definition) is 2. The Morgan fingerprint density at radius 3 is 2.91 bits per heavy atom. The second-order valence-electron chi connectivity index (χ2n) is 2.00. The summed E-state index contributed by atoms with van der Waals surface area (Å²) in [5.41, 5.74) is 0.660. The standard InChI is InChI=1S/C8H9NO2/c1-3-5-6-7(4-2)11-8(10)9-6/h3-5H,2H2,1H3,(H,9,10)/b5-3-. The lowest BCUT2D eigenvalue weighted by molar-refractivity contribution is 0.507. The van der Waals surface area contributed by atoms with Gasteiger partial charge in [0.2, 0.25) is 0 Å². The van der Waals surface area contributed by atoms with Crippen molar-refractivity contribution in [3.63, 3.8) is 0 Å². The molecule has 1 heterocycles. The largest absolute Gasteiger partial charge is 0.417 e. The zero-order valence-electron chi connectivity index (χ0n) is 6.26. The molecule has 1 aromatic rings. The van der Waals surface area contributed by atoms with Crippen LogP contribution in [0.1, 0.15) is 18.4 Å². The van der Waals surface area contributed by atoms with E-state index in [0.29, 0.717) is 11.5 Å². The highest BCUT2D eigenvalue weighted by Gasteiger charge is 2.00. The summed E-state index contributed by atoms with van der Waals surface area (Å²) in [6.45, 7) is 5.36. The van der Waals surface area contributed by atoms with Crippen molar-refractivity contribution in [1.82, 2.24) is 4.98 Å². The van der Waals surface area contributed by atoms with Crippen LogP contribution in [0.3, 0.4) is 0 Å². The fourth-order valence-corrected chi connectivity index (χ4v) is 0.794. The number of oxazole rings is 1. The summed E-state index contributed by atoms with van der Waals surface area (Å²) in [6.07, 6.45) is 5.06. The van der Waals surface area contributed by atoms with Crippen molar-refractivity contribution in [2.45, 2.75) is 6.92 Å². The first-order chi connectivity index (χ1) is 5.27. The highest BCUT2D eigenvalue weighted by atomic mass is 16.4. The van der Waals surface area contributed by atoms with Gasteiger partial charge in [-0.1, -0.05) is 12.7 Å². The summed E-state index contributed by atoms with van der Waals surface area (Å²) in [5, 5.41) is 0. The minimum Gasteiger partial charge on any atom is -0.408 e. The highest BCUT2D eigenvalue weighted by Crippen LogP contribution is 2.06. The third-order valence-corrected chi connectivity index (χ3v) is 1.22. The van der Waals surface area contributed by atoms with Gasteiger partial charge in [-0.25, -0.2) is 4.79 Å². The van der Waals surface area contributed by atoms with Crippen molar-refractivity contribution >= 4 is 12.2 Å². The number of H-pyrrole nitrogens is 1. The van der Waals surface area contributed by atoms with Gasteiger partial charge < -0.3 is 4.42 Å². The first-order valence-electron chi connectivity index (χ1n) is 3.26. The van der Waals surface area contributed by atoms with Gasteiger partial charge in [0, 0.05) is 0 Å². The maximum absolute atomic E-state index is 10.6. The van der Waals surface area contributed by atoms with E-state index in [4.69, 9.17) is 4.42 Å². The molecular weight excluding hydrogens is 142 g/mol. The Kier molecular flexibility index (Phi) is 2.11. The molecule has 58 valence electrons. The molecule has 0 unspecified atom stereocenters. The molecule has 1 aromatic heterocycles. The maximum Gasteiger partial charge on any atom is 0.417 e. The zero-order valence-corrected chi connectivity index (χ0v) is 6.26. The molecule has 1 N–H and O–H groups in total. The van der Waals surface area contributed by atoms with Crippen LogP contribution < -0.4 is 5.76 Å². The predicted octanol–water partition coefficient (Wildman–Crippen LogP) is 1.64. The van der Waals surface area contributed by atoms with Gasteiger partial charge in [-0.05, 0) is 19.1 Å². The predicted molar refractivity (Wildman–Crippen MR) is 44.1 cm³/mol. The zero-order chi connectivity index (χ0) is 8.27. The fraction of sp³-hybridized carbons (Fsp3) is 0.125. The summed E-state index contributed by atoms with van der Waals surface area (Å²) < 4.78 is 4.74. The molecule has 1 rings (SSSR count). The molecule has 0 saturated carbocycles. The number of aromatic amines is 1. The normalized spacial score (nSPS) is 10.6. The van der Waals surface area contributed by atoms with E-state index in [9.17, 15) is 4.79 Å². The lowest BCUT2D eigenvalue weighted by atomic mass is 10.3. The molecule has 0 aromatic carbocycles. The van der Waals surface area contributed by atoms with E-state index < -0.39 is 5.76 Å². The van der Waals surface area contributed by atoms with Gasteiger partial charge in [-0.3, -0.25) is 4.98 Å². The van der Waals surface area contributed by atoms with Crippen molar-refractivity contribution in [1.29, 1.82) is 0 Å². The van der Waals surface area contributed by atoms with Crippen LogP contribution in [0.4, 0.5) is 0 Å². The molecule has 0 aliphatic heterocycles. The lowest BCUT2D eigenvalue weighted by Crippen LogP contribution is -1.94. The minimum atomic E-state index is -0.451. The smallest absolute Gasteiger partial charge is 0.408 e. The molecule has 0 saturated heterocycles. The summed E-state index contributed by atoms with van der Waals surface area (Å²) in [6, 6.07) is 0. The number of nitrogens with one attached hydrogen (secondary N) is 1. The van der Waals surface area contributed by atoms with Crippen molar-refractivity contribution in [3.8, 4) is 0 Å². The molecule has 0 aliphatic rings. The van der Waals surface area contributed by atoms with Gasteiger partial charge in [-0.15, -0.1) is 0 Å². The van der Waals surface area contributed by atoms with Gasteiger partial charge in [0.25, 0.3) is 0 Å². The average molecular weight is 151 g/mol. The number of aromatic nitrogens is 1. The van der Waals surface area contributed by atoms with E-state index in [0.717, 1.165) is 0 Å². The van der Waals surface area contributed by atoms with Crippen molar-refractivity contribution in [2.24, 2.45) is 0 Å². The summed E-state index contributed by atoms with van der Waals surface area (Å²) in [4.78, 5) is 13.2. The van der Waals surface area contributed by atoms with Crippen LogP contribution in [-0.2, 0) is 0 Å². The molecule has 0 atom stereocenters. The van der Waals surface area contributed by atoms with Gasteiger partial charge >= 0.3 is 5.76 Å². The van der Waals surface area contributed by atoms with Crippen molar-refractivity contribution in [2.75, 3.05) is 0 Å². The monoisotopic (exact) mass is 151 g/mol. The third-order valence-electron chi connectivity index (χ3n) is 1.22. The number of rotatable bonds is 2. The Labute approximate surface area is 64.1 Å². The second kappa shape index (κ2) is 3.05. The van der Waals surface area contributed by atoms with E-state index in [2.05, 4.69) is 11.6 Å². The Morgan fingerprint density at radius 2 is 2.36 bits per heavy atom. The SMILES string of the molecule is C=Cc1oc(=O)[nH]c1/C=C\C. The molecule has 3 nitrogen and oxygen atoms in total. The summed E-state index contributed by atoms with van der Waals surface area (Å²) >= 11 is 0. The Morgan fingerprint density at radius 1 is 1.64 bits per heavy atom. The van der Waals surface area contributed by atoms with Gasteiger partial charge in [0.05, 0.1) is 5.69 Å². The number of hydrogen-bond donors (Lipinski definition) is 1. The summed E-state index contributed by atoms with van der Waals surface area (Å²) in [7, 11) is 0. The molecular formula is C8H9NO2. The topological polar surface area (TPSA) is 46.0 Å². The fourth-order valence-electron chi connectivity index (χ4n) is 0.794. The van der Waals surface area contributed by atoms with Gasteiger partial charge in [0.15, 0.2) is 5.76 Å². The first kappa shape index (κ1) is 7.60. The van der Waals surface area contributed by atoms with Crippen molar-refractivity contribution < 1.29 is 4.42 Å². The molecule has 0 radical (unpaired) electrons. The number of allylic oxidation sites excluding steroid dienone is 1. The van der Waals surface area contributed by atoms with E-state index in [1.807, 2.05) is 13.0 Å². The van der Waals surface area contributed by atoms with Crippen LogP contribution in [-0.4, -0.2) is 4.98 Å². The Hall–Kier alpha value is -1.51. The highest BCUT2D eigenvalue weighted by molar-refractivity contribution is 5.56. The van der Waals surface area contributed by atoms with Crippen LogP contribution >= 0.6 is 0 Å². The van der Waals surface area contributed by atoms with Crippen LogP contribution in [0.2, 0.25) is 0 Å². The first-order valence-corrected chi connectivity index (χ1v) is 3.26. The molecule has 0 aliphatic carbocycles. The van der Waals surface area contributed by atoms with Gasteiger partial charge in [-0.2, -0.15) is 0 Å². The quantitative estimate of drug-likeness (QED) is 0.698. The van der Waals surface area contributed by atoms with Gasteiger partial charge in [0.1, 0.15) is 0 Å². The van der Waals surface area contributed by atoms with E-state index in [1.54, 1.807) is 6.08 Å². The van der Waals surface area contributed by atoms with Crippen LogP contribution in [0.25, 0.3) is 12.2 Å². The second-order valence-corrected chi connectivity index (χ2v) is 2.00. The maximum atomic E-state index is 10.6. The molecule has 3 heteroatoms. The van der Waals surface area contributed by atoms with E-state index >= 15 is 0 Å². The van der Waals surface area contributed by atoms with Crippen LogP contribution in [0, 0.1) is 0 Å². The van der Waals surface area contributed by atoms with Crippen LogP contribution in [0.5, 0.6) is 0 Å². The molecule has 0 fully saturated rings. The summed E-state index contributed by atoms with van der Waals surface area (Å²) in [5.74, 6) is 0.0288. The Bertz CT molecular complexity index is 330. The van der Waals surface area contributed by atoms with Crippen molar-refractivity contribution in [3.05, 3.63) is 34.7 Å². The molecule has 0 bridgehead atoms. The molecule has 11 heavy (non-hydrogen) atoms. The third kappa shape index (κ3) is 1.49. The lowest BCUT2D eigenvalue weighted by Gasteiger charge is -1.84. The average Bonchev–Trinajstić information content (AvgIpc) is 2.32.